The van der Waals surface area contributed by atoms with E-state index in [0.29, 0.717) is 70.2 Å². The molecular weight excluding hydrogens is 668 g/mol. The van der Waals surface area contributed by atoms with Crippen LogP contribution in [0, 0.1) is 12.3 Å². The molecule has 0 saturated carbocycles. The summed E-state index contributed by atoms with van der Waals surface area (Å²) >= 11 is 3.39. The Bertz CT molecular complexity index is 1880. The Balaban J connectivity index is 1.34. The van der Waals surface area contributed by atoms with Gasteiger partial charge in [0.25, 0.3) is 0 Å². The Kier molecular flexibility index (Phi) is 9.26. The largest absolute Gasteiger partial charge is 0.377 e. The van der Waals surface area contributed by atoms with Crippen molar-refractivity contribution in [3.63, 3.8) is 0 Å². The predicted molar refractivity (Wildman–Crippen MR) is 176 cm³/mol. The second-order valence-corrected chi connectivity index (χ2v) is 13.0. The number of halogens is 1. The van der Waals surface area contributed by atoms with Gasteiger partial charge in [0.05, 0.1) is 43.8 Å². The summed E-state index contributed by atoms with van der Waals surface area (Å²) in [4.78, 5) is 60.1. The number of aromatic nitrogens is 6. The molecule has 3 atom stereocenters. The first-order chi connectivity index (χ1) is 22.5. The number of amides is 2. The van der Waals surface area contributed by atoms with Crippen molar-refractivity contribution < 1.29 is 23.9 Å². The number of hydrogen-bond donors (Lipinski definition) is 1. The van der Waals surface area contributed by atoms with Gasteiger partial charge in [-0.15, -0.1) is 0 Å². The van der Waals surface area contributed by atoms with Crippen LogP contribution in [0.2, 0.25) is 0 Å². The van der Waals surface area contributed by atoms with E-state index in [9.17, 15) is 14.4 Å². The zero-order chi connectivity index (χ0) is 33.3. The molecule has 4 aromatic heterocycles. The highest BCUT2D eigenvalue weighted by atomic mass is 79.9. The van der Waals surface area contributed by atoms with Gasteiger partial charge in [0, 0.05) is 47.3 Å². The number of ether oxygens (including phenoxy) is 2. The molecule has 0 aromatic carbocycles. The standard InChI is InChI=1S/C33H35BrN8O5/c1-19(43)30-24-11-25(23-13-35-21(3)36-14-23)37-15-27(24)41(40-30)16-29(44)42-20(2)33(4)12-26(42)32(45)39-31-22(7-8-28(34)38-31)17-46-9-5-6-10-47-18-33/h5-8,11,13-15,20,26H,9-10,12,16-18H2,1-4H3,(H,38,39,45)/b6-5+/t20-,26+,33-/m1/s1. The fraction of sp³-hybridized carbons (Fsp3) is 0.394. The maximum atomic E-state index is 14.3. The summed E-state index contributed by atoms with van der Waals surface area (Å²) in [6.07, 6.45) is 9.08. The third-order valence-electron chi connectivity index (χ3n) is 8.81. The van der Waals surface area contributed by atoms with E-state index in [4.69, 9.17) is 9.47 Å². The third-order valence-corrected chi connectivity index (χ3v) is 9.26. The number of aryl methyl sites for hydroxylation is 1. The van der Waals surface area contributed by atoms with Gasteiger partial charge in [0.15, 0.2) is 5.78 Å². The second-order valence-electron chi connectivity index (χ2n) is 12.2. The van der Waals surface area contributed by atoms with Gasteiger partial charge in [0.2, 0.25) is 11.8 Å². The van der Waals surface area contributed by atoms with Gasteiger partial charge in [-0.25, -0.2) is 15.0 Å². The lowest BCUT2D eigenvalue weighted by atomic mass is 9.83. The number of rotatable bonds is 4. The number of hydrogen-bond acceptors (Lipinski definition) is 10. The van der Waals surface area contributed by atoms with Crippen LogP contribution in [-0.2, 0) is 32.2 Å². The van der Waals surface area contributed by atoms with Crippen molar-refractivity contribution in [3.8, 4) is 11.3 Å². The van der Waals surface area contributed by atoms with Crippen molar-refractivity contribution in [2.75, 3.05) is 25.1 Å². The molecule has 2 amide bonds. The number of nitrogens with zero attached hydrogens (tertiary/aromatic N) is 7. The number of anilines is 1. The summed E-state index contributed by atoms with van der Waals surface area (Å²) in [5, 5.41) is 8.06. The molecule has 1 saturated heterocycles. The van der Waals surface area contributed by atoms with Crippen molar-refractivity contribution in [2.45, 2.75) is 59.4 Å². The van der Waals surface area contributed by atoms with Gasteiger partial charge < -0.3 is 19.7 Å². The smallest absolute Gasteiger partial charge is 0.248 e. The maximum absolute atomic E-state index is 14.3. The summed E-state index contributed by atoms with van der Waals surface area (Å²) in [5.41, 5.74) is 2.18. The Morgan fingerprint density at radius 3 is 2.60 bits per heavy atom. The zero-order valence-corrected chi connectivity index (χ0v) is 28.2. The number of carbonyl (C=O) groups is 3. The van der Waals surface area contributed by atoms with E-state index >= 15 is 0 Å². The second kappa shape index (κ2) is 13.4. The first-order valence-corrected chi connectivity index (χ1v) is 16.1. The first-order valence-electron chi connectivity index (χ1n) is 15.3. The number of nitrogens with one attached hydrogen (secondary N) is 1. The van der Waals surface area contributed by atoms with E-state index in [1.165, 1.54) is 11.6 Å². The van der Waals surface area contributed by atoms with Gasteiger partial charge in [-0.1, -0.05) is 25.1 Å². The van der Waals surface area contributed by atoms with Crippen LogP contribution in [-0.4, -0.2) is 84.1 Å². The SMILES string of the molecule is CC(=O)c1nn(CC(=O)N2[C@H]3C[C@](C)(COC/C=C/COCc4ccc(Br)nc4NC3=O)[C@H]2C)c2cnc(-c3cnc(C)nc3)cc12. The van der Waals surface area contributed by atoms with Crippen LogP contribution in [0.1, 0.15) is 49.1 Å². The van der Waals surface area contributed by atoms with Crippen LogP contribution in [0.4, 0.5) is 5.82 Å². The van der Waals surface area contributed by atoms with Gasteiger partial charge in [-0.2, -0.15) is 5.10 Å². The lowest BCUT2D eigenvalue weighted by Gasteiger charge is -2.33. The number of likely N-dealkylation sites (tertiary alicyclic amines) is 1. The average Bonchev–Trinajstić information content (AvgIpc) is 3.53. The molecule has 4 aromatic rings. The quantitative estimate of drug-likeness (QED) is 0.185. The Labute approximate surface area is 279 Å². The normalized spacial score (nSPS) is 22.7. The third kappa shape index (κ3) is 6.71. The Morgan fingerprint density at radius 2 is 1.85 bits per heavy atom. The van der Waals surface area contributed by atoms with Crippen molar-refractivity contribution in [3.05, 3.63) is 70.6 Å². The number of Topliss-reactive ketones (excluding diaryl/α,β-unsaturated/α-hetero) is 1. The molecular formula is C33H35BrN8O5. The van der Waals surface area contributed by atoms with Gasteiger partial charge in [-0.3, -0.25) is 24.0 Å². The molecule has 2 aliphatic heterocycles. The monoisotopic (exact) mass is 702 g/mol. The van der Waals surface area contributed by atoms with Gasteiger partial charge in [-0.05, 0) is 48.3 Å². The molecule has 6 heterocycles. The van der Waals surface area contributed by atoms with Crippen molar-refractivity contribution >= 4 is 50.2 Å². The van der Waals surface area contributed by atoms with E-state index in [2.05, 4.69) is 46.3 Å². The summed E-state index contributed by atoms with van der Waals surface area (Å²) in [6.45, 7) is 8.30. The summed E-state index contributed by atoms with van der Waals surface area (Å²) in [5.74, 6) is 0.0419. The molecule has 1 N–H and O–H groups in total. The molecule has 2 aliphatic rings. The minimum absolute atomic E-state index is 0.208. The van der Waals surface area contributed by atoms with Crippen molar-refractivity contribution in [1.29, 1.82) is 0 Å². The summed E-state index contributed by atoms with van der Waals surface area (Å²) in [6, 6.07) is 4.20. The first kappa shape index (κ1) is 32.5. The van der Waals surface area contributed by atoms with Crippen LogP contribution in [0.15, 0.2) is 53.5 Å². The molecule has 13 nitrogen and oxygen atoms in total. The van der Waals surface area contributed by atoms with Crippen molar-refractivity contribution in [1.82, 2.24) is 34.6 Å². The number of pyridine rings is 2. The van der Waals surface area contributed by atoms with E-state index < -0.39 is 11.5 Å². The highest BCUT2D eigenvalue weighted by Gasteiger charge is 2.51. The van der Waals surface area contributed by atoms with Crippen LogP contribution < -0.4 is 5.32 Å². The van der Waals surface area contributed by atoms with Crippen LogP contribution in [0.25, 0.3) is 22.2 Å². The summed E-state index contributed by atoms with van der Waals surface area (Å²) in [7, 11) is 0. The maximum Gasteiger partial charge on any atom is 0.248 e. The fourth-order valence-electron chi connectivity index (χ4n) is 6.07. The Hall–Kier alpha value is -4.40. The topological polar surface area (TPSA) is 154 Å². The Morgan fingerprint density at radius 1 is 1.11 bits per heavy atom. The molecule has 0 unspecified atom stereocenters. The lowest BCUT2D eigenvalue weighted by Crippen LogP contribution is -2.49. The molecule has 14 heteroatoms. The van der Waals surface area contributed by atoms with E-state index in [-0.39, 0.29) is 42.5 Å². The van der Waals surface area contributed by atoms with E-state index in [0.717, 1.165) is 0 Å². The molecule has 6 rings (SSSR count). The predicted octanol–water partition coefficient (Wildman–Crippen LogP) is 4.29. The number of carbonyl (C=O) groups excluding carboxylic acids is 3. The number of fused-ring (bicyclic) bond motifs is 4. The van der Waals surface area contributed by atoms with Crippen LogP contribution in [0.5, 0.6) is 0 Å². The molecule has 1 fully saturated rings. The van der Waals surface area contributed by atoms with Crippen LogP contribution >= 0.6 is 15.9 Å². The minimum Gasteiger partial charge on any atom is -0.377 e. The molecule has 244 valence electrons. The molecule has 0 radical (unpaired) electrons. The molecule has 2 bridgehead atoms. The summed E-state index contributed by atoms with van der Waals surface area (Å²) < 4.78 is 13.8. The fourth-order valence-corrected chi connectivity index (χ4v) is 6.38. The zero-order valence-electron chi connectivity index (χ0n) is 26.6. The van der Waals surface area contributed by atoms with E-state index in [1.807, 2.05) is 32.1 Å². The highest BCUT2D eigenvalue weighted by molar-refractivity contribution is 9.10. The van der Waals surface area contributed by atoms with Crippen LogP contribution in [0.3, 0.4) is 0 Å². The molecule has 0 aliphatic carbocycles. The molecule has 47 heavy (non-hydrogen) atoms. The van der Waals surface area contributed by atoms with E-state index in [1.54, 1.807) is 42.5 Å². The minimum atomic E-state index is -0.818. The average molecular weight is 704 g/mol. The lowest BCUT2D eigenvalue weighted by molar-refractivity contribution is -0.139. The van der Waals surface area contributed by atoms with Gasteiger partial charge in [0.1, 0.15) is 34.5 Å². The number of ketones is 1. The molecule has 0 spiro atoms. The van der Waals surface area contributed by atoms with Crippen molar-refractivity contribution in [2.24, 2.45) is 5.41 Å². The van der Waals surface area contributed by atoms with Gasteiger partial charge >= 0.3 is 0 Å². The highest BCUT2D eigenvalue weighted by Crippen LogP contribution is 2.42.